The van der Waals surface area contributed by atoms with E-state index in [1.807, 2.05) is 6.07 Å². The van der Waals surface area contributed by atoms with Crippen molar-refractivity contribution in [3.63, 3.8) is 0 Å². The molecular weight excluding hydrogens is 387 g/mol. The third kappa shape index (κ3) is 9.25. The lowest BCUT2D eigenvalue weighted by atomic mass is 10.1. The zero-order chi connectivity index (χ0) is 15.7. The Morgan fingerprint density at radius 2 is 1.82 bits per heavy atom. The molecule has 0 aliphatic heterocycles. The largest absolute Gasteiger partial charge is 0.357 e. The number of aliphatic imine (C=N–C) groups is 1. The van der Waals surface area contributed by atoms with Gasteiger partial charge in [-0.2, -0.15) is 0 Å². The average molecular weight is 418 g/mol. The number of benzene rings is 1. The van der Waals surface area contributed by atoms with Crippen LogP contribution in [0.4, 0.5) is 0 Å². The van der Waals surface area contributed by atoms with Gasteiger partial charge in [-0.25, -0.2) is 0 Å². The van der Waals surface area contributed by atoms with Crippen LogP contribution < -0.4 is 16.0 Å². The molecular formula is C17H31IN4. The lowest BCUT2D eigenvalue weighted by Gasteiger charge is -2.21. The number of halogens is 1. The Morgan fingerprint density at radius 3 is 2.36 bits per heavy atom. The third-order valence-corrected chi connectivity index (χ3v) is 3.03. The van der Waals surface area contributed by atoms with Gasteiger partial charge in [-0.3, -0.25) is 4.99 Å². The molecule has 0 bridgehead atoms. The SMILES string of the molecule is CCNC(=NCCNC(C)(C)C)NC(C)c1ccccc1.I. The van der Waals surface area contributed by atoms with Gasteiger partial charge in [-0.1, -0.05) is 30.3 Å². The molecule has 0 fully saturated rings. The molecule has 22 heavy (non-hydrogen) atoms. The quantitative estimate of drug-likeness (QED) is 0.288. The van der Waals surface area contributed by atoms with Crippen LogP contribution in [0.25, 0.3) is 0 Å². The van der Waals surface area contributed by atoms with Crippen molar-refractivity contribution >= 4 is 29.9 Å². The summed E-state index contributed by atoms with van der Waals surface area (Å²) in [7, 11) is 0. The van der Waals surface area contributed by atoms with E-state index in [1.54, 1.807) is 0 Å². The minimum absolute atomic E-state index is 0. The molecule has 0 radical (unpaired) electrons. The first-order valence-electron chi connectivity index (χ1n) is 7.77. The standard InChI is InChI=1S/C17H30N4.HI/c1-6-18-16(19-12-13-20-17(3,4)5)21-14(2)15-10-8-7-9-11-15;/h7-11,14,20H,6,12-13H2,1-5H3,(H2,18,19,21);1H. The molecule has 0 aromatic heterocycles. The van der Waals surface area contributed by atoms with Gasteiger partial charge in [0.2, 0.25) is 0 Å². The van der Waals surface area contributed by atoms with Crippen molar-refractivity contribution in [2.24, 2.45) is 4.99 Å². The van der Waals surface area contributed by atoms with Crippen LogP contribution in [0.1, 0.15) is 46.2 Å². The van der Waals surface area contributed by atoms with Crippen LogP contribution in [-0.4, -0.2) is 31.1 Å². The van der Waals surface area contributed by atoms with Crippen LogP contribution in [0, 0.1) is 0 Å². The highest BCUT2D eigenvalue weighted by molar-refractivity contribution is 14.0. The smallest absolute Gasteiger partial charge is 0.191 e. The molecule has 3 N–H and O–H groups in total. The fourth-order valence-corrected chi connectivity index (χ4v) is 1.95. The van der Waals surface area contributed by atoms with Gasteiger partial charge >= 0.3 is 0 Å². The van der Waals surface area contributed by atoms with Gasteiger partial charge in [0, 0.05) is 18.6 Å². The van der Waals surface area contributed by atoms with Crippen molar-refractivity contribution in [2.75, 3.05) is 19.6 Å². The molecule has 1 rings (SSSR count). The van der Waals surface area contributed by atoms with Crippen LogP contribution in [0.5, 0.6) is 0 Å². The molecule has 5 heteroatoms. The van der Waals surface area contributed by atoms with E-state index in [0.29, 0.717) is 0 Å². The second-order valence-electron chi connectivity index (χ2n) is 6.21. The lowest BCUT2D eigenvalue weighted by Crippen LogP contribution is -2.40. The van der Waals surface area contributed by atoms with E-state index in [1.165, 1.54) is 5.56 Å². The van der Waals surface area contributed by atoms with E-state index in [-0.39, 0.29) is 35.6 Å². The number of guanidine groups is 1. The highest BCUT2D eigenvalue weighted by Crippen LogP contribution is 2.10. The fraction of sp³-hybridized carbons (Fsp3) is 0.588. The summed E-state index contributed by atoms with van der Waals surface area (Å²) in [4.78, 5) is 4.61. The lowest BCUT2D eigenvalue weighted by molar-refractivity contribution is 0.432. The van der Waals surface area contributed by atoms with Crippen LogP contribution in [0.2, 0.25) is 0 Å². The molecule has 0 aliphatic rings. The molecule has 0 aliphatic carbocycles. The molecule has 4 nitrogen and oxygen atoms in total. The fourth-order valence-electron chi connectivity index (χ4n) is 1.95. The summed E-state index contributed by atoms with van der Waals surface area (Å²) in [5.41, 5.74) is 1.40. The van der Waals surface area contributed by atoms with Crippen LogP contribution in [0.15, 0.2) is 35.3 Å². The molecule has 126 valence electrons. The molecule has 1 aromatic rings. The first-order valence-corrected chi connectivity index (χ1v) is 7.77. The monoisotopic (exact) mass is 418 g/mol. The van der Waals surface area contributed by atoms with Crippen molar-refractivity contribution < 1.29 is 0 Å². The minimum atomic E-state index is 0. The van der Waals surface area contributed by atoms with E-state index in [0.717, 1.165) is 25.6 Å². The van der Waals surface area contributed by atoms with E-state index in [9.17, 15) is 0 Å². The normalized spacial score (nSPS) is 13.2. The summed E-state index contributed by atoms with van der Waals surface area (Å²) in [6.45, 7) is 13.2. The van der Waals surface area contributed by atoms with E-state index in [2.05, 4.69) is 79.8 Å². The molecule has 1 aromatic carbocycles. The van der Waals surface area contributed by atoms with Crippen molar-refractivity contribution in [3.05, 3.63) is 35.9 Å². The molecule has 1 atom stereocenters. The Hall–Kier alpha value is -0.820. The molecule has 0 saturated heterocycles. The van der Waals surface area contributed by atoms with Crippen LogP contribution in [-0.2, 0) is 0 Å². The Kier molecular flexibility index (Phi) is 10.4. The predicted molar refractivity (Wildman–Crippen MR) is 107 cm³/mol. The van der Waals surface area contributed by atoms with E-state index < -0.39 is 0 Å². The number of hydrogen-bond donors (Lipinski definition) is 3. The molecule has 0 saturated carbocycles. The maximum absolute atomic E-state index is 4.61. The summed E-state index contributed by atoms with van der Waals surface area (Å²) in [5.74, 6) is 0.865. The topological polar surface area (TPSA) is 48.5 Å². The Morgan fingerprint density at radius 1 is 1.18 bits per heavy atom. The van der Waals surface area contributed by atoms with Gasteiger partial charge in [0.1, 0.15) is 0 Å². The number of nitrogens with zero attached hydrogens (tertiary/aromatic N) is 1. The van der Waals surface area contributed by atoms with Gasteiger partial charge in [0.15, 0.2) is 5.96 Å². The predicted octanol–water partition coefficient (Wildman–Crippen LogP) is 3.31. The highest BCUT2D eigenvalue weighted by Gasteiger charge is 2.08. The second kappa shape index (κ2) is 10.8. The summed E-state index contributed by atoms with van der Waals surface area (Å²) < 4.78 is 0. The van der Waals surface area contributed by atoms with Crippen molar-refractivity contribution in [1.82, 2.24) is 16.0 Å². The van der Waals surface area contributed by atoms with Crippen molar-refractivity contribution in [2.45, 2.75) is 46.2 Å². The summed E-state index contributed by atoms with van der Waals surface area (Å²) >= 11 is 0. The van der Waals surface area contributed by atoms with Gasteiger partial charge < -0.3 is 16.0 Å². The van der Waals surface area contributed by atoms with Gasteiger partial charge in [0.25, 0.3) is 0 Å². The van der Waals surface area contributed by atoms with E-state index in [4.69, 9.17) is 0 Å². The van der Waals surface area contributed by atoms with Crippen molar-refractivity contribution in [1.29, 1.82) is 0 Å². The van der Waals surface area contributed by atoms with Gasteiger partial charge in [0.05, 0.1) is 12.6 Å². The Bertz CT molecular complexity index is 426. The Balaban J connectivity index is 0.00000441. The summed E-state index contributed by atoms with van der Waals surface area (Å²) in [6.07, 6.45) is 0. The molecule has 1 unspecified atom stereocenters. The first-order chi connectivity index (χ1) is 9.92. The maximum Gasteiger partial charge on any atom is 0.191 e. The summed E-state index contributed by atoms with van der Waals surface area (Å²) in [6, 6.07) is 10.6. The molecule has 0 spiro atoms. The van der Waals surface area contributed by atoms with Crippen molar-refractivity contribution in [3.8, 4) is 0 Å². The Labute approximate surface area is 152 Å². The van der Waals surface area contributed by atoms with Crippen LogP contribution >= 0.6 is 24.0 Å². The van der Waals surface area contributed by atoms with Gasteiger partial charge in [-0.15, -0.1) is 24.0 Å². The zero-order valence-corrected chi connectivity index (χ0v) is 16.8. The average Bonchev–Trinajstić information content (AvgIpc) is 2.43. The molecule has 0 amide bonds. The first kappa shape index (κ1) is 21.2. The maximum atomic E-state index is 4.61. The highest BCUT2D eigenvalue weighted by atomic mass is 127. The number of rotatable bonds is 6. The number of nitrogens with one attached hydrogen (secondary N) is 3. The second-order valence-corrected chi connectivity index (χ2v) is 6.21. The van der Waals surface area contributed by atoms with E-state index >= 15 is 0 Å². The number of hydrogen-bond acceptors (Lipinski definition) is 2. The summed E-state index contributed by atoms with van der Waals surface area (Å²) in [5, 5.41) is 10.2. The minimum Gasteiger partial charge on any atom is -0.357 e. The molecule has 0 heterocycles. The third-order valence-electron chi connectivity index (χ3n) is 3.03. The zero-order valence-electron chi connectivity index (χ0n) is 14.4. The van der Waals surface area contributed by atoms with Gasteiger partial charge in [-0.05, 0) is 40.2 Å². The van der Waals surface area contributed by atoms with Crippen LogP contribution in [0.3, 0.4) is 0 Å².